The van der Waals surface area contributed by atoms with Crippen LogP contribution in [-0.4, -0.2) is 11.8 Å². The van der Waals surface area contributed by atoms with E-state index < -0.39 is 0 Å². The zero-order chi connectivity index (χ0) is 8.48. The van der Waals surface area contributed by atoms with E-state index in [-0.39, 0.29) is 5.54 Å². The molecule has 1 unspecified atom stereocenters. The third-order valence-electron chi connectivity index (χ3n) is 1.91. The summed E-state index contributed by atoms with van der Waals surface area (Å²) in [5.41, 5.74) is 7.44. The van der Waals surface area contributed by atoms with Crippen molar-refractivity contribution in [1.29, 1.82) is 5.41 Å². The van der Waals surface area contributed by atoms with Crippen molar-refractivity contribution in [2.45, 2.75) is 19.4 Å². The molecule has 3 heteroatoms. The Balaban J connectivity index is 2.40. The van der Waals surface area contributed by atoms with E-state index in [2.05, 4.69) is 6.92 Å². The molecule has 0 saturated heterocycles. The zero-order valence-corrected chi connectivity index (χ0v) is 6.89. The lowest BCUT2D eigenvalue weighted by Gasteiger charge is -2.04. The van der Waals surface area contributed by atoms with Gasteiger partial charge in [-0.25, -0.2) is 0 Å². The SMILES string of the molecule is CC(C=N)=C[NH2+]C1(C)C=C1N. The van der Waals surface area contributed by atoms with Crippen molar-refractivity contribution >= 4 is 6.21 Å². The first-order valence-corrected chi connectivity index (χ1v) is 3.60. The van der Waals surface area contributed by atoms with Crippen LogP contribution in [0.15, 0.2) is 23.5 Å². The lowest BCUT2D eigenvalue weighted by molar-refractivity contribution is -0.631. The van der Waals surface area contributed by atoms with Gasteiger partial charge in [0.15, 0.2) is 5.54 Å². The van der Waals surface area contributed by atoms with Gasteiger partial charge in [0.1, 0.15) is 0 Å². The van der Waals surface area contributed by atoms with Gasteiger partial charge in [-0.15, -0.1) is 0 Å². The maximum Gasteiger partial charge on any atom is 0.158 e. The first-order chi connectivity index (χ1) is 5.08. The Kier molecular flexibility index (Phi) is 1.83. The summed E-state index contributed by atoms with van der Waals surface area (Å²) in [7, 11) is 0. The summed E-state index contributed by atoms with van der Waals surface area (Å²) < 4.78 is 0. The Morgan fingerprint density at radius 3 is 2.73 bits per heavy atom. The topological polar surface area (TPSA) is 66.5 Å². The van der Waals surface area contributed by atoms with E-state index in [0.717, 1.165) is 11.3 Å². The van der Waals surface area contributed by atoms with Gasteiger partial charge in [-0.3, -0.25) is 0 Å². The van der Waals surface area contributed by atoms with Crippen molar-refractivity contribution in [2.24, 2.45) is 5.73 Å². The normalized spacial score (nSPS) is 29.6. The van der Waals surface area contributed by atoms with Gasteiger partial charge in [0, 0.05) is 24.8 Å². The number of hydrogen-bond donors (Lipinski definition) is 3. The van der Waals surface area contributed by atoms with E-state index in [0.29, 0.717) is 0 Å². The van der Waals surface area contributed by atoms with Crippen LogP contribution in [-0.2, 0) is 0 Å². The molecule has 0 saturated carbocycles. The number of nitrogens with two attached hydrogens (primary N) is 2. The Hall–Kier alpha value is -1.09. The van der Waals surface area contributed by atoms with Crippen LogP contribution in [0, 0.1) is 5.41 Å². The van der Waals surface area contributed by atoms with Crippen molar-refractivity contribution in [3.8, 4) is 0 Å². The van der Waals surface area contributed by atoms with Gasteiger partial charge in [0.05, 0.1) is 11.9 Å². The van der Waals surface area contributed by atoms with Crippen LogP contribution in [0.2, 0.25) is 0 Å². The fourth-order valence-corrected chi connectivity index (χ4v) is 0.784. The Morgan fingerprint density at radius 2 is 2.36 bits per heavy atom. The standard InChI is InChI=1S/C8H13N3/c1-6(4-9)5-11-8(2)3-7(8)10/h3-5,9,11H,10H2,1-2H3/p+1. The van der Waals surface area contributed by atoms with E-state index in [1.807, 2.05) is 24.5 Å². The van der Waals surface area contributed by atoms with Gasteiger partial charge < -0.3 is 16.5 Å². The van der Waals surface area contributed by atoms with E-state index in [9.17, 15) is 0 Å². The molecule has 0 aromatic carbocycles. The van der Waals surface area contributed by atoms with E-state index >= 15 is 0 Å². The molecule has 0 radical (unpaired) electrons. The molecule has 0 heterocycles. The summed E-state index contributed by atoms with van der Waals surface area (Å²) in [5, 5.41) is 8.94. The quantitative estimate of drug-likeness (QED) is 0.478. The predicted molar refractivity (Wildman–Crippen MR) is 45.1 cm³/mol. The molecule has 0 aromatic rings. The molecule has 1 aliphatic carbocycles. The first-order valence-electron chi connectivity index (χ1n) is 3.60. The third kappa shape index (κ3) is 1.68. The third-order valence-corrected chi connectivity index (χ3v) is 1.91. The average Bonchev–Trinajstić information content (AvgIpc) is 2.56. The van der Waals surface area contributed by atoms with E-state index in [4.69, 9.17) is 11.1 Å². The molecule has 0 bridgehead atoms. The zero-order valence-electron chi connectivity index (χ0n) is 6.89. The second kappa shape index (κ2) is 2.51. The van der Waals surface area contributed by atoms with Gasteiger partial charge in [-0.2, -0.15) is 0 Å². The molecule has 1 atom stereocenters. The largest absolute Gasteiger partial charge is 0.397 e. The van der Waals surface area contributed by atoms with Gasteiger partial charge in [0.2, 0.25) is 0 Å². The summed E-state index contributed by atoms with van der Waals surface area (Å²) in [6, 6.07) is 0. The first kappa shape index (κ1) is 8.01. The van der Waals surface area contributed by atoms with Crippen molar-refractivity contribution in [3.63, 3.8) is 0 Å². The van der Waals surface area contributed by atoms with Gasteiger partial charge in [-0.1, -0.05) is 0 Å². The van der Waals surface area contributed by atoms with Crippen molar-refractivity contribution in [2.75, 3.05) is 0 Å². The molecule has 0 aromatic heterocycles. The van der Waals surface area contributed by atoms with Crippen LogP contribution < -0.4 is 11.1 Å². The molecule has 5 N–H and O–H groups in total. The van der Waals surface area contributed by atoms with Crippen molar-refractivity contribution in [3.05, 3.63) is 23.5 Å². The average molecular weight is 152 g/mol. The van der Waals surface area contributed by atoms with Crippen LogP contribution >= 0.6 is 0 Å². The molecule has 0 aliphatic heterocycles. The number of nitrogens with one attached hydrogen (secondary N) is 1. The van der Waals surface area contributed by atoms with Gasteiger partial charge >= 0.3 is 0 Å². The molecule has 0 spiro atoms. The summed E-state index contributed by atoms with van der Waals surface area (Å²) >= 11 is 0. The van der Waals surface area contributed by atoms with Crippen LogP contribution in [0.25, 0.3) is 0 Å². The lowest BCUT2D eigenvalue weighted by atomic mass is 10.2. The number of hydrogen-bond acceptors (Lipinski definition) is 2. The number of quaternary nitrogens is 1. The monoisotopic (exact) mass is 152 g/mol. The Labute approximate surface area is 66.5 Å². The highest BCUT2D eigenvalue weighted by molar-refractivity contribution is 5.74. The minimum Gasteiger partial charge on any atom is -0.397 e. The Morgan fingerprint density at radius 1 is 1.82 bits per heavy atom. The Bertz CT molecular complexity index is 240. The lowest BCUT2D eigenvalue weighted by Crippen LogP contribution is -2.87. The molecule has 0 amide bonds. The van der Waals surface area contributed by atoms with E-state index in [1.165, 1.54) is 6.21 Å². The summed E-state index contributed by atoms with van der Waals surface area (Å²) in [4.78, 5) is 0. The number of rotatable bonds is 3. The second-order valence-corrected chi connectivity index (χ2v) is 3.10. The second-order valence-electron chi connectivity index (χ2n) is 3.10. The fourth-order valence-electron chi connectivity index (χ4n) is 0.784. The molecule has 60 valence electrons. The molecule has 1 aliphatic rings. The number of allylic oxidation sites excluding steroid dienone is 1. The van der Waals surface area contributed by atoms with Crippen molar-refractivity contribution in [1.82, 2.24) is 0 Å². The van der Waals surface area contributed by atoms with Crippen LogP contribution in [0.1, 0.15) is 13.8 Å². The molecular formula is C8H14N3+. The molecule has 3 nitrogen and oxygen atoms in total. The predicted octanol–water partition coefficient (Wildman–Crippen LogP) is -0.282. The molecule has 11 heavy (non-hydrogen) atoms. The van der Waals surface area contributed by atoms with Crippen LogP contribution in [0.3, 0.4) is 0 Å². The molecular weight excluding hydrogens is 138 g/mol. The maximum absolute atomic E-state index is 6.93. The highest BCUT2D eigenvalue weighted by Crippen LogP contribution is 2.23. The van der Waals surface area contributed by atoms with E-state index in [1.54, 1.807) is 0 Å². The van der Waals surface area contributed by atoms with Crippen molar-refractivity contribution < 1.29 is 5.32 Å². The van der Waals surface area contributed by atoms with Gasteiger partial charge in [0.25, 0.3) is 0 Å². The highest BCUT2D eigenvalue weighted by atomic mass is 15.0. The summed E-state index contributed by atoms with van der Waals surface area (Å²) in [6.45, 7) is 3.95. The highest BCUT2D eigenvalue weighted by Gasteiger charge is 2.40. The van der Waals surface area contributed by atoms with Gasteiger partial charge in [-0.05, 0) is 6.92 Å². The van der Waals surface area contributed by atoms with Crippen LogP contribution in [0.5, 0.6) is 0 Å². The molecule has 0 fully saturated rings. The smallest absolute Gasteiger partial charge is 0.158 e. The van der Waals surface area contributed by atoms with Crippen LogP contribution in [0.4, 0.5) is 0 Å². The maximum atomic E-state index is 6.93. The minimum absolute atomic E-state index is 0.00424. The fraction of sp³-hybridized carbons (Fsp3) is 0.375. The minimum atomic E-state index is 0.00424. The molecule has 1 rings (SSSR count). The summed E-state index contributed by atoms with van der Waals surface area (Å²) in [5.74, 6) is 0. The summed E-state index contributed by atoms with van der Waals surface area (Å²) in [6.07, 6.45) is 5.25.